The highest BCUT2D eigenvalue weighted by atomic mass is 35.5. The van der Waals surface area contributed by atoms with E-state index < -0.39 is 0 Å². The maximum atomic E-state index is 13.8. The van der Waals surface area contributed by atoms with E-state index in [1.165, 1.54) is 0 Å². The van der Waals surface area contributed by atoms with Gasteiger partial charge in [-0.2, -0.15) is 0 Å². The third kappa shape index (κ3) is 4.04. The molecule has 2 N–H and O–H groups in total. The predicted octanol–water partition coefficient (Wildman–Crippen LogP) is 8.56. The first kappa shape index (κ1) is 22.8. The minimum Gasteiger partial charge on any atom is -0.355 e. The Morgan fingerprint density at radius 3 is 1.35 bits per heavy atom. The SMILES string of the molecule is O=C1c2cccc(Nc3ccc(Cl)c(Cl)c3)c2C(=O)c2c(Nc3ccc(Cl)c(Cl)c3)cccc21. The molecule has 4 aromatic carbocycles. The Bertz CT molecular complexity index is 1390. The molecule has 0 aromatic heterocycles. The van der Waals surface area contributed by atoms with E-state index >= 15 is 0 Å². The van der Waals surface area contributed by atoms with Crippen LogP contribution in [0.25, 0.3) is 0 Å². The van der Waals surface area contributed by atoms with Crippen molar-refractivity contribution in [2.75, 3.05) is 10.6 Å². The number of rotatable bonds is 4. The molecule has 1 aliphatic rings. The van der Waals surface area contributed by atoms with Gasteiger partial charge in [0.15, 0.2) is 11.6 Å². The van der Waals surface area contributed by atoms with E-state index in [0.29, 0.717) is 54.0 Å². The molecule has 0 unspecified atom stereocenters. The van der Waals surface area contributed by atoms with Gasteiger partial charge in [-0.05, 0) is 48.5 Å². The molecule has 0 fully saturated rings. The zero-order valence-corrected chi connectivity index (χ0v) is 20.3. The van der Waals surface area contributed by atoms with Crippen LogP contribution in [-0.2, 0) is 0 Å². The lowest BCUT2D eigenvalue weighted by Crippen LogP contribution is -2.23. The Morgan fingerprint density at radius 1 is 0.500 bits per heavy atom. The third-order valence-electron chi connectivity index (χ3n) is 5.47. The van der Waals surface area contributed by atoms with Crippen LogP contribution in [0.15, 0.2) is 72.8 Å². The van der Waals surface area contributed by atoms with Crippen molar-refractivity contribution < 1.29 is 9.59 Å². The second-order valence-corrected chi connectivity index (χ2v) is 9.25. The normalized spacial score (nSPS) is 12.2. The van der Waals surface area contributed by atoms with E-state index in [1.54, 1.807) is 72.8 Å². The molecule has 0 heterocycles. The monoisotopic (exact) mass is 526 g/mol. The molecule has 5 rings (SSSR count). The fraction of sp³-hybridized carbons (Fsp3) is 0. The van der Waals surface area contributed by atoms with Crippen LogP contribution in [0.2, 0.25) is 20.1 Å². The molecule has 0 saturated carbocycles. The standard InChI is InChI=1S/C26H14Cl4N2O2/c27-17-9-7-13(11-19(17)29)31-21-5-1-3-15-23(21)26(34)24-16(25(15)33)4-2-6-22(24)32-14-8-10-18(28)20(30)12-14/h1-12,31-32H. The molecule has 0 saturated heterocycles. The number of carbonyl (C=O) groups is 2. The van der Waals surface area contributed by atoms with Gasteiger partial charge in [0, 0.05) is 22.5 Å². The van der Waals surface area contributed by atoms with Crippen LogP contribution in [0.5, 0.6) is 0 Å². The van der Waals surface area contributed by atoms with E-state index in [4.69, 9.17) is 46.4 Å². The van der Waals surface area contributed by atoms with Gasteiger partial charge in [-0.15, -0.1) is 0 Å². The minimum atomic E-state index is -0.282. The zero-order valence-electron chi connectivity index (χ0n) is 17.3. The molecule has 4 aromatic rings. The third-order valence-corrected chi connectivity index (χ3v) is 6.95. The van der Waals surface area contributed by atoms with Crippen LogP contribution in [-0.4, -0.2) is 11.6 Å². The number of hydrogen-bond acceptors (Lipinski definition) is 4. The fourth-order valence-electron chi connectivity index (χ4n) is 3.91. The lowest BCUT2D eigenvalue weighted by Gasteiger charge is -2.23. The van der Waals surface area contributed by atoms with Crippen molar-refractivity contribution in [2.45, 2.75) is 0 Å². The number of carbonyl (C=O) groups excluding carboxylic acids is 2. The second-order valence-electron chi connectivity index (χ2n) is 7.62. The Balaban J connectivity index is 1.59. The molecule has 0 bridgehead atoms. The van der Waals surface area contributed by atoms with Gasteiger partial charge in [-0.25, -0.2) is 0 Å². The summed E-state index contributed by atoms with van der Waals surface area (Å²) in [7, 11) is 0. The van der Waals surface area contributed by atoms with Crippen LogP contribution in [0, 0.1) is 0 Å². The molecular formula is C26H14Cl4N2O2. The maximum absolute atomic E-state index is 13.8. The molecule has 0 aliphatic heterocycles. The lowest BCUT2D eigenvalue weighted by atomic mass is 9.82. The van der Waals surface area contributed by atoms with Crippen molar-refractivity contribution in [3.63, 3.8) is 0 Å². The summed E-state index contributed by atoms with van der Waals surface area (Å²) in [5, 5.41) is 7.97. The average Bonchev–Trinajstić information content (AvgIpc) is 2.82. The summed E-state index contributed by atoms with van der Waals surface area (Å²) in [5.74, 6) is -0.518. The quantitative estimate of drug-likeness (QED) is 0.246. The van der Waals surface area contributed by atoms with Gasteiger partial charge < -0.3 is 10.6 Å². The Labute approximate surface area is 215 Å². The zero-order chi connectivity index (χ0) is 24.0. The second kappa shape index (κ2) is 8.97. The van der Waals surface area contributed by atoms with E-state index in [2.05, 4.69) is 10.6 Å². The Morgan fingerprint density at radius 2 is 0.941 bits per heavy atom. The first-order chi connectivity index (χ1) is 16.3. The van der Waals surface area contributed by atoms with Crippen LogP contribution in [0.3, 0.4) is 0 Å². The lowest BCUT2D eigenvalue weighted by molar-refractivity contribution is 0.0980. The molecule has 1 aliphatic carbocycles. The largest absolute Gasteiger partial charge is 0.355 e. The summed E-state index contributed by atoms with van der Waals surface area (Å²) in [6, 6.07) is 20.4. The molecule has 8 heteroatoms. The van der Waals surface area contributed by atoms with Crippen LogP contribution < -0.4 is 10.6 Å². The van der Waals surface area contributed by atoms with Crippen molar-refractivity contribution in [2.24, 2.45) is 0 Å². The molecule has 34 heavy (non-hydrogen) atoms. The van der Waals surface area contributed by atoms with Gasteiger partial charge in [-0.1, -0.05) is 70.7 Å². The van der Waals surface area contributed by atoms with Crippen molar-refractivity contribution in [3.05, 3.63) is 115 Å². The number of nitrogens with one attached hydrogen (secondary N) is 2. The molecule has 0 spiro atoms. The summed E-state index contributed by atoms with van der Waals surface area (Å²) in [5.41, 5.74) is 3.48. The summed E-state index contributed by atoms with van der Waals surface area (Å²) in [6.45, 7) is 0. The Kier molecular flexibility index (Phi) is 6.00. The molecule has 0 amide bonds. The minimum absolute atomic E-state index is 0.236. The van der Waals surface area contributed by atoms with E-state index in [9.17, 15) is 9.59 Å². The van der Waals surface area contributed by atoms with Crippen molar-refractivity contribution in [1.82, 2.24) is 0 Å². The van der Waals surface area contributed by atoms with E-state index in [0.717, 1.165) is 0 Å². The number of benzene rings is 4. The summed E-state index contributed by atoms with van der Waals surface area (Å²) in [6.07, 6.45) is 0. The summed E-state index contributed by atoms with van der Waals surface area (Å²) >= 11 is 24.3. The highest BCUT2D eigenvalue weighted by Crippen LogP contribution is 2.38. The number of ketones is 2. The number of fused-ring (bicyclic) bond motifs is 2. The van der Waals surface area contributed by atoms with Gasteiger partial charge in [0.1, 0.15) is 0 Å². The molecule has 0 atom stereocenters. The molecule has 168 valence electrons. The van der Waals surface area contributed by atoms with Crippen molar-refractivity contribution in [1.29, 1.82) is 0 Å². The molecule has 4 nitrogen and oxygen atoms in total. The molecule has 0 radical (unpaired) electrons. The van der Waals surface area contributed by atoms with Crippen molar-refractivity contribution in [3.8, 4) is 0 Å². The van der Waals surface area contributed by atoms with E-state index in [-0.39, 0.29) is 22.7 Å². The smallest absolute Gasteiger partial charge is 0.198 e. The summed E-state index contributed by atoms with van der Waals surface area (Å²) < 4.78 is 0. The predicted molar refractivity (Wildman–Crippen MR) is 139 cm³/mol. The number of halogens is 4. The number of anilines is 4. The molecular weight excluding hydrogens is 514 g/mol. The fourth-order valence-corrected chi connectivity index (χ4v) is 4.51. The van der Waals surface area contributed by atoms with Crippen molar-refractivity contribution >= 4 is 80.7 Å². The van der Waals surface area contributed by atoms with E-state index in [1.807, 2.05) is 0 Å². The van der Waals surface area contributed by atoms with Crippen LogP contribution in [0.1, 0.15) is 31.8 Å². The van der Waals surface area contributed by atoms with Crippen LogP contribution >= 0.6 is 46.4 Å². The number of hydrogen-bond donors (Lipinski definition) is 2. The summed E-state index contributed by atoms with van der Waals surface area (Å²) in [4.78, 5) is 27.2. The topological polar surface area (TPSA) is 58.2 Å². The first-order valence-electron chi connectivity index (χ1n) is 10.1. The van der Waals surface area contributed by atoms with Gasteiger partial charge in [0.25, 0.3) is 0 Å². The highest BCUT2D eigenvalue weighted by molar-refractivity contribution is 6.42. The Hall–Kier alpha value is -3.02. The van der Waals surface area contributed by atoms with Gasteiger partial charge in [-0.3, -0.25) is 9.59 Å². The first-order valence-corrected chi connectivity index (χ1v) is 11.6. The van der Waals surface area contributed by atoms with Gasteiger partial charge >= 0.3 is 0 Å². The van der Waals surface area contributed by atoms with Gasteiger partial charge in [0.2, 0.25) is 0 Å². The van der Waals surface area contributed by atoms with Crippen LogP contribution in [0.4, 0.5) is 22.7 Å². The average molecular weight is 528 g/mol. The maximum Gasteiger partial charge on any atom is 0.198 e. The highest BCUT2D eigenvalue weighted by Gasteiger charge is 2.33. The van der Waals surface area contributed by atoms with Gasteiger partial charge in [0.05, 0.1) is 42.6 Å².